The minimum absolute atomic E-state index is 0.0202. The van der Waals surface area contributed by atoms with Crippen molar-refractivity contribution >= 4 is 11.9 Å². The minimum atomic E-state index is -0.999. The molecule has 19 heavy (non-hydrogen) atoms. The number of carbonyl (C=O) groups is 2. The Hall–Kier alpha value is -1.32. The standard InChI is InChI=1S/C15H21NO3/c1-15(14(18)19)6-2-3-7-16(15)13(17)12-9-10-4-5-11(12)8-10/h4-5,10-12H,2-3,6-9H2,1H3,(H,18,19). The van der Waals surface area contributed by atoms with Gasteiger partial charge in [0.2, 0.25) is 5.91 Å². The van der Waals surface area contributed by atoms with Gasteiger partial charge in [-0.15, -0.1) is 0 Å². The number of fused-ring (bicyclic) bond motifs is 2. The van der Waals surface area contributed by atoms with E-state index in [0.29, 0.717) is 24.8 Å². The Morgan fingerprint density at radius 2 is 2.05 bits per heavy atom. The van der Waals surface area contributed by atoms with Crippen molar-refractivity contribution in [3.63, 3.8) is 0 Å². The zero-order chi connectivity index (χ0) is 13.6. The molecule has 1 saturated heterocycles. The Bertz CT molecular complexity index is 445. The average molecular weight is 263 g/mol. The van der Waals surface area contributed by atoms with Crippen molar-refractivity contribution in [2.45, 2.75) is 44.6 Å². The minimum Gasteiger partial charge on any atom is -0.480 e. The van der Waals surface area contributed by atoms with Gasteiger partial charge in [0.1, 0.15) is 5.54 Å². The van der Waals surface area contributed by atoms with Crippen molar-refractivity contribution in [3.05, 3.63) is 12.2 Å². The van der Waals surface area contributed by atoms with Gasteiger partial charge in [-0.05, 0) is 50.9 Å². The van der Waals surface area contributed by atoms with Crippen molar-refractivity contribution < 1.29 is 14.7 Å². The molecule has 1 heterocycles. The molecule has 0 radical (unpaired) electrons. The van der Waals surface area contributed by atoms with E-state index >= 15 is 0 Å². The van der Waals surface area contributed by atoms with E-state index in [4.69, 9.17) is 0 Å². The first-order valence-electron chi connectivity index (χ1n) is 7.25. The van der Waals surface area contributed by atoms with Gasteiger partial charge in [-0.1, -0.05) is 12.2 Å². The quantitative estimate of drug-likeness (QED) is 0.776. The van der Waals surface area contributed by atoms with Crippen LogP contribution in [0.1, 0.15) is 39.0 Å². The average Bonchev–Trinajstić information content (AvgIpc) is 3.00. The maximum absolute atomic E-state index is 12.7. The molecule has 1 amide bonds. The Labute approximate surface area is 113 Å². The van der Waals surface area contributed by atoms with Crippen LogP contribution < -0.4 is 0 Å². The fourth-order valence-electron chi connectivity index (χ4n) is 3.96. The number of carbonyl (C=O) groups excluding carboxylic acids is 1. The summed E-state index contributed by atoms with van der Waals surface area (Å²) in [5.74, 6) is 0.116. The topological polar surface area (TPSA) is 57.6 Å². The van der Waals surface area contributed by atoms with Crippen LogP contribution in [0.4, 0.5) is 0 Å². The lowest BCUT2D eigenvalue weighted by molar-refractivity contribution is -0.163. The molecule has 4 unspecified atom stereocenters. The van der Waals surface area contributed by atoms with Crippen LogP contribution in [0.25, 0.3) is 0 Å². The van der Waals surface area contributed by atoms with E-state index in [-0.39, 0.29) is 11.8 Å². The Morgan fingerprint density at radius 1 is 1.26 bits per heavy atom. The summed E-state index contributed by atoms with van der Waals surface area (Å²) in [5.41, 5.74) is -0.999. The highest BCUT2D eigenvalue weighted by atomic mass is 16.4. The molecular formula is C15H21NO3. The molecule has 1 N–H and O–H groups in total. The lowest BCUT2D eigenvalue weighted by Crippen LogP contribution is -2.59. The van der Waals surface area contributed by atoms with Gasteiger partial charge in [0.25, 0.3) is 0 Å². The number of likely N-dealkylation sites (tertiary alicyclic amines) is 1. The second-order valence-corrected chi connectivity index (χ2v) is 6.41. The molecule has 0 spiro atoms. The molecular weight excluding hydrogens is 242 g/mol. The van der Waals surface area contributed by atoms with E-state index in [2.05, 4.69) is 12.2 Å². The first kappa shape index (κ1) is 12.7. The number of amides is 1. The summed E-state index contributed by atoms with van der Waals surface area (Å²) in [4.78, 5) is 25.9. The first-order chi connectivity index (χ1) is 9.02. The smallest absolute Gasteiger partial charge is 0.329 e. The van der Waals surface area contributed by atoms with E-state index in [9.17, 15) is 14.7 Å². The summed E-state index contributed by atoms with van der Waals surface area (Å²) >= 11 is 0. The fraction of sp³-hybridized carbons (Fsp3) is 0.733. The van der Waals surface area contributed by atoms with Crippen LogP contribution in [-0.4, -0.2) is 34.0 Å². The maximum atomic E-state index is 12.7. The molecule has 3 rings (SSSR count). The highest BCUT2D eigenvalue weighted by molar-refractivity contribution is 5.88. The SMILES string of the molecule is CC1(C(=O)O)CCCCN1C(=O)C1CC2C=CC1C2. The lowest BCUT2D eigenvalue weighted by Gasteiger charge is -2.43. The molecule has 1 saturated carbocycles. The third-order valence-corrected chi connectivity index (χ3v) is 5.21. The molecule has 4 nitrogen and oxygen atoms in total. The second kappa shape index (κ2) is 4.36. The predicted molar refractivity (Wildman–Crippen MR) is 70.4 cm³/mol. The van der Waals surface area contributed by atoms with Crippen molar-refractivity contribution in [1.82, 2.24) is 4.90 Å². The van der Waals surface area contributed by atoms with Gasteiger partial charge >= 0.3 is 5.97 Å². The molecule has 1 aliphatic heterocycles. The highest BCUT2D eigenvalue weighted by Crippen LogP contribution is 2.45. The zero-order valence-corrected chi connectivity index (χ0v) is 11.3. The van der Waals surface area contributed by atoms with E-state index in [1.165, 1.54) is 0 Å². The number of piperidine rings is 1. The van der Waals surface area contributed by atoms with E-state index in [0.717, 1.165) is 25.7 Å². The van der Waals surface area contributed by atoms with Crippen LogP contribution in [0, 0.1) is 17.8 Å². The number of rotatable bonds is 2. The molecule has 2 fully saturated rings. The number of hydrogen-bond acceptors (Lipinski definition) is 2. The Kier molecular flexibility index (Phi) is 2.91. The van der Waals surface area contributed by atoms with Crippen LogP contribution in [0.2, 0.25) is 0 Å². The lowest BCUT2D eigenvalue weighted by atomic mass is 9.84. The van der Waals surface area contributed by atoms with E-state index in [1.54, 1.807) is 11.8 Å². The molecule has 4 heteroatoms. The van der Waals surface area contributed by atoms with E-state index < -0.39 is 11.5 Å². The number of aliphatic carboxylic acids is 1. The summed E-state index contributed by atoms with van der Waals surface area (Å²) in [6, 6.07) is 0. The number of hydrogen-bond donors (Lipinski definition) is 1. The molecule has 2 bridgehead atoms. The molecule has 4 atom stereocenters. The van der Waals surface area contributed by atoms with Crippen LogP contribution in [0.3, 0.4) is 0 Å². The molecule has 0 aromatic rings. The zero-order valence-electron chi connectivity index (χ0n) is 11.3. The summed E-state index contributed by atoms with van der Waals surface area (Å²) in [6.45, 7) is 2.30. The van der Waals surface area contributed by atoms with Crippen molar-refractivity contribution in [2.75, 3.05) is 6.54 Å². The Balaban J connectivity index is 1.81. The van der Waals surface area contributed by atoms with Gasteiger partial charge in [-0.25, -0.2) is 4.79 Å². The van der Waals surface area contributed by atoms with Crippen molar-refractivity contribution in [2.24, 2.45) is 17.8 Å². The highest BCUT2D eigenvalue weighted by Gasteiger charge is 2.49. The summed E-state index contributed by atoms with van der Waals surface area (Å²) in [6.07, 6.45) is 8.74. The molecule has 3 aliphatic rings. The fourth-order valence-corrected chi connectivity index (χ4v) is 3.96. The van der Waals surface area contributed by atoms with Gasteiger partial charge in [0, 0.05) is 12.5 Å². The van der Waals surface area contributed by atoms with Gasteiger partial charge in [-0.2, -0.15) is 0 Å². The number of carboxylic acid groups (broad SMARTS) is 1. The van der Waals surface area contributed by atoms with Crippen LogP contribution in [0.15, 0.2) is 12.2 Å². The number of carboxylic acids is 1. The van der Waals surface area contributed by atoms with Gasteiger partial charge in [-0.3, -0.25) is 4.79 Å². The number of nitrogens with zero attached hydrogens (tertiary/aromatic N) is 1. The third-order valence-electron chi connectivity index (χ3n) is 5.21. The summed E-state index contributed by atoms with van der Waals surface area (Å²) < 4.78 is 0. The first-order valence-corrected chi connectivity index (χ1v) is 7.25. The van der Waals surface area contributed by atoms with Crippen molar-refractivity contribution in [1.29, 1.82) is 0 Å². The van der Waals surface area contributed by atoms with Crippen molar-refractivity contribution in [3.8, 4) is 0 Å². The molecule has 0 aromatic heterocycles. The van der Waals surface area contributed by atoms with Crippen LogP contribution >= 0.6 is 0 Å². The largest absolute Gasteiger partial charge is 0.480 e. The molecule has 2 aliphatic carbocycles. The maximum Gasteiger partial charge on any atom is 0.329 e. The summed E-state index contributed by atoms with van der Waals surface area (Å²) in [7, 11) is 0. The van der Waals surface area contributed by atoms with Crippen LogP contribution in [-0.2, 0) is 9.59 Å². The van der Waals surface area contributed by atoms with Gasteiger partial charge in [0.05, 0.1) is 0 Å². The third kappa shape index (κ3) is 1.88. The monoisotopic (exact) mass is 263 g/mol. The normalized spacial score (nSPS) is 40.7. The number of allylic oxidation sites excluding steroid dienone is 2. The van der Waals surface area contributed by atoms with Crippen LogP contribution in [0.5, 0.6) is 0 Å². The van der Waals surface area contributed by atoms with E-state index in [1.807, 2.05) is 0 Å². The second-order valence-electron chi connectivity index (χ2n) is 6.41. The predicted octanol–water partition coefficient (Wildman–Crippen LogP) is 2.05. The Morgan fingerprint density at radius 3 is 2.63 bits per heavy atom. The summed E-state index contributed by atoms with van der Waals surface area (Å²) in [5, 5.41) is 9.48. The van der Waals surface area contributed by atoms with Gasteiger partial charge in [0.15, 0.2) is 0 Å². The van der Waals surface area contributed by atoms with Gasteiger partial charge < -0.3 is 10.0 Å². The molecule has 0 aromatic carbocycles. The molecule has 104 valence electrons.